The maximum atomic E-state index is 12.4. The van der Waals surface area contributed by atoms with Crippen LogP contribution in [-0.2, 0) is 0 Å². The average molecular weight is 418 g/mol. The Bertz CT molecular complexity index is 952. The Morgan fingerprint density at radius 2 is 1.28 bits per heavy atom. The molecule has 0 amide bonds. The lowest BCUT2D eigenvalue weighted by atomic mass is 10.1. The summed E-state index contributed by atoms with van der Waals surface area (Å²) in [6, 6.07) is 10.6. The van der Waals surface area contributed by atoms with E-state index in [9.17, 15) is 26.3 Å². The summed E-state index contributed by atoms with van der Waals surface area (Å²) < 4.78 is 83.1. The van der Waals surface area contributed by atoms with Crippen molar-refractivity contribution in [2.75, 3.05) is 18.5 Å². The molecule has 2 aromatic carbocycles. The first kappa shape index (κ1) is 20.4. The summed E-state index contributed by atoms with van der Waals surface area (Å²) >= 11 is 0. The van der Waals surface area contributed by atoms with Gasteiger partial charge in [0, 0.05) is 11.1 Å². The molecule has 0 fully saturated rings. The summed E-state index contributed by atoms with van der Waals surface area (Å²) in [4.78, 5) is 10.7. The summed E-state index contributed by atoms with van der Waals surface area (Å²) in [5, 5.41) is 4.31. The molecule has 6 nitrogen and oxygen atoms in total. The maximum Gasteiger partial charge on any atom is 0.422 e. The quantitative estimate of drug-likeness (QED) is 0.588. The fourth-order valence-corrected chi connectivity index (χ4v) is 2.27. The molecule has 3 aromatic rings. The van der Waals surface area contributed by atoms with Gasteiger partial charge >= 0.3 is 24.4 Å². The van der Waals surface area contributed by atoms with Gasteiger partial charge in [-0.3, -0.25) is 0 Å². The van der Waals surface area contributed by atoms with Gasteiger partial charge in [0.05, 0.1) is 0 Å². The minimum absolute atomic E-state index is 0.342. The van der Waals surface area contributed by atoms with Crippen LogP contribution in [0, 0.1) is 0 Å². The van der Waals surface area contributed by atoms with Crippen LogP contribution in [-0.4, -0.2) is 40.5 Å². The second-order valence-electron chi connectivity index (χ2n) is 5.68. The third kappa shape index (κ3) is 6.09. The zero-order valence-corrected chi connectivity index (χ0v) is 14.4. The van der Waals surface area contributed by atoms with Crippen LogP contribution in [0.5, 0.6) is 12.0 Å². The number of benzene rings is 2. The normalized spacial score (nSPS) is 12.1. The van der Waals surface area contributed by atoms with Gasteiger partial charge in [-0.15, -0.1) is 4.98 Å². The van der Waals surface area contributed by atoms with Crippen LogP contribution in [0.3, 0.4) is 0 Å². The fourth-order valence-electron chi connectivity index (χ4n) is 2.27. The molecular formula is C17H12F6N4O2. The minimum atomic E-state index is -4.69. The topological polar surface area (TPSA) is 69.2 Å². The van der Waals surface area contributed by atoms with E-state index >= 15 is 0 Å². The summed E-state index contributed by atoms with van der Waals surface area (Å²) in [6.45, 7) is -3.47. The highest BCUT2D eigenvalue weighted by Gasteiger charge is 2.31. The number of ether oxygens (including phenoxy) is 2. The fraction of sp³-hybridized carbons (Fsp3) is 0.235. The first-order chi connectivity index (χ1) is 13.6. The van der Waals surface area contributed by atoms with E-state index in [1.165, 1.54) is 0 Å². The smallest absolute Gasteiger partial charge is 0.422 e. The van der Waals surface area contributed by atoms with Crippen molar-refractivity contribution in [2.45, 2.75) is 12.4 Å². The molecule has 0 aliphatic heterocycles. The van der Waals surface area contributed by atoms with Gasteiger partial charge in [-0.25, -0.2) is 0 Å². The number of hydrogen-bond acceptors (Lipinski definition) is 6. The highest BCUT2D eigenvalue weighted by Crippen LogP contribution is 2.27. The van der Waals surface area contributed by atoms with Crippen LogP contribution in [0.15, 0.2) is 42.5 Å². The lowest BCUT2D eigenvalue weighted by Crippen LogP contribution is -2.22. The number of alkyl halides is 6. The van der Waals surface area contributed by atoms with Crippen molar-refractivity contribution in [3.63, 3.8) is 0 Å². The van der Waals surface area contributed by atoms with Gasteiger partial charge in [0.2, 0.25) is 5.95 Å². The van der Waals surface area contributed by atoms with Gasteiger partial charge in [0.1, 0.15) is 0 Å². The molecule has 154 valence electrons. The molecule has 0 radical (unpaired) electrons. The van der Waals surface area contributed by atoms with Gasteiger partial charge in [-0.1, -0.05) is 36.4 Å². The molecule has 0 aliphatic rings. The summed E-state index contributed by atoms with van der Waals surface area (Å²) in [6.07, 6.45) is -9.38. The molecule has 12 heteroatoms. The number of fused-ring (bicyclic) bond motifs is 1. The van der Waals surface area contributed by atoms with E-state index < -0.39 is 37.6 Å². The van der Waals surface area contributed by atoms with Crippen molar-refractivity contribution in [1.82, 2.24) is 15.0 Å². The van der Waals surface area contributed by atoms with E-state index in [4.69, 9.17) is 0 Å². The lowest BCUT2D eigenvalue weighted by molar-refractivity contribution is -0.156. The molecule has 0 aliphatic carbocycles. The van der Waals surface area contributed by atoms with E-state index in [0.717, 1.165) is 10.8 Å². The SMILES string of the molecule is FC(F)(F)COc1nc(Nc2cccc3ccccc23)nc(OCC(F)(F)F)n1. The second kappa shape index (κ2) is 7.97. The van der Waals surface area contributed by atoms with Crippen molar-refractivity contribution in [2.24, 2.45) is 0 Å². The largest absolute Gasteiger partial charge is 0.454 e. The van der Waals surface area contributed by atoms with Crippen molar-refractivity contribution in [3.05, 3.63) is 42.5 Å². The van der Waals surface area contributed by atoms with Crippen LogP contribution < -0.4 is 14.8 Å². The number of nitrogens with one attached hydrogen (secondary N) is 1. The van der Waals surface area contributed by atoms with Crippen molar-refractivity contribution >= 4 is 22.4 Å². The Morgan fingerprint density at radius 3 is 1.86 bits per heavy atom. The number of anilines is 2. The number of rotatable bonds is 6. The summed E-state index contributed by atoms with van der Waals surface area (Å²) in [7, 11) is 0. The van der Waals surface area contributed by atoms with Gasteiger partial charge in [0.15, 0.2) is 13.2 Å². The zero-order valence-electron chi connectivity index (χ0n) is 14.4. The number of nitrogens with zero attached hydrogens (tertiary/aromatic N) is 3. The van der Waals surface area contributed by atoms with E-state index in [-0.39, 0.29) is 5.95 Å². The van der Waals surface area contributed by atoms with E-state index in [1.807, 2.05) is 12.1 Å². The zero-order chi connectivity index (χ0) is 21.1. The maximum absolute atomic E-state index is 12.4. The third-order valence-electron chi connectivity index (χ3n) is 3.36. The highest BCUT2D eigenvalue weighted by atomic mass is 19.4. The molecule has 0 bridgehead atoms. The molecular weight excluding hydrogens is 406 g/mol. The molecule has 0 atom stereocenters. The molecule has 3 rings (SSSR count). The molecule has 1 N–H and O–H groups in total. The van der Waals surface area contributed by atoms with Gasteiger partial charge in [0.25, 0.3) is 0 Å². The van der Waals surface area contributed by atoms with Crippen LogP contribution in [0.2, 0.25) is 0 Å². The minimum Gasteiger partial charge on any atom is -0.454 e. The Kier molecular flexibility index (Phi) is 5.62. The predicted octanol–water partition coefficient (Wildman–Crippen LogP) is 4.65. The molecule has 0 saturated carbocycles. The molecule has 0 unspecified atom stereocenters. The van der Waals surface area contributed by atoms with Crippen LogP contribution in [0.25, 0.3) is 10.8 Å². The lowest BCUT2D eigenvalue weighted by Gasteiger charge is -2.13. The standard InChI is InChI=1S/C17H12F6N4O2/c18-16(19,20)8-28-14-25-13(26-15(27-14)29-9-17(21,22)23)24-12-7-3-5-10-4-1-2-6-11(10)12/h1-7H,8-9H2,(H,24,25,26,27). The van der Waals surface area contributed by atoms with Crippen LogP contribution in [0.4, 0.5) is 38.0 Å². The van der Waals surface area contributed by atoms with Crippen LogP contribution in [0.1, 0.15) is 0 Å². The first-order valence-electron chi connectivity index (χ1n) is 7.99. The van der Waals surface area contributed by atoms with Crippen molar-refractivity contribution in [3.8, 4) is 12.0 Å². The Balaban J connectivity index is 1.91. The molecule has 1 heterocycles. The third-order valence-corrected chi connectivity index (χ3v) is 3.36. The van der Waals surface area contributed by atoms with Gasteiger partial charge in [-0.05, 0) is 11.5 Å². The first-order valence-corrected chi connectivity index (χ1v) is 7.99. The molecule has 0 saturated heterocycles. The predicted molar refractivity (Wildman–Crippen MR) is 90.2 cm³/mol. The van der Waals surface area contributed by atoms with E-state index in [2.05, 4.69) is 29.7 Å². The number of aromatic nitrogens is 3. The average Bonchev–Trinajstić information content (AvgIpc) is 2.64. The summed E-state index contributed by atoms with van der Waals surface area (Å²) in [5.74, 6) is -0.342. The van der Waals surface area contributed by atoms with Gasteiger partial charge in [-0.2, -0.15) is 36.3 Å². The Hall–Kier alpha value is -3.31. The molecule has 29 heavy (non-hydrogen) atoms. The Morgan fingerprint density at radius 1 is 0.724 bits per heavy atom. The highest BCUT2D eigenvalue weighted by molar-refractivity contribution is 5.94. The van der Waals surface area contributed by atoms with E-state index in [1.54, 1.807) is 30.3 Å². The summed E-state index contributed by atoms with van der Waals surface area (Å²) in [5.41, 5.74) is 0.470. The number of hydrogen-bond donors (Lipinski definition) is 1. The number of halogens is 6. The monoisotopic (exact) mass is 418 g/mol. The Labute approximate surface area is 159 Å². The van der Waals surface area contributed by atoms with Gasteiger partial charge < -0.3 is 14.8 Å². The molecule has 1 aromatic heterocycles. The molecule has 0 spiro atoms. The van der Waals surface area contributed by atoms with E-state index in [0.29, 0.717) is 5.69 Å². The van der Waals surface area contributed by atoms with Crippen molar-refractivity contribution in [1.29, 1.82) is 0 Å². The van der Waals surface area contributed by atoms with Crippen LogP contribution >= 0.6 is 0 Å². The van der Waals surface area contributed by atoms with Crippen molar-refractivity contribution < 1.29 is 35.8 Å². The second-order valence-corrected chi connectivity index (χ2v) is 5.68.